The summed E-state index contributed by atoms with van der Waals surface area (Å²) in [7, 11) is 1.50. The number of halogens is 1. The molecule has 2 aromatic carbocycles. The van der Waals surface area contributed by atoms with Crippen molar-refractivity contribution in [3.63, 3.8) is 0 Å². The molecule has 2 aromatic rings. The van der Waals surface area contributed by atoms with E-state index in [1.807, 2.05) is 30.3 Å². The first-order chi connectivity index (χ1) is 14.5. The van der Waals surface area contributed by atoms with Crippen LogP contribution in [0.2, 0.25) is 5.02 Å². The largest absolute Gasteiger partial charge is 0.496 e. The van der Waals surface area contributed by atoms with Gasteiger partial charge in [-0.25, -0.2) is 0 Å². The van der Waals surface area contributed by atoms with Gasteiger partial charge in [-0.2, -0.15) is 0 Å². The Labute approximate surface area is 183 Å². The number of likely N-dealkylation sites (tertiary alicyclic amines) is 1. The molecule has 1 amide bonds. The van der Waals surface area contributed by atoms with E-state index in [9.17, 15) is 9.90 Å². The van der Waals surface area contributed by atoms with Crippen molar-refractivity contribution in [2.75, 3.05) is 39.0 Å². The summed E-state index contributed by atoms with van der Waals surface area (Å²) in [6.07, 6.45) is 2.27. The number of carbonyl (C=O) groups excluding carboxylic acids is 1. The Hall–Kier alpha value is -2.28. The lowest BCUT2D eigenvalue weighted by Crippen LogP contribution is -2.42. The fourth-order valence-corrected chi connectivity index (χ4v) is 4.03. The number of carbonyl (C=O) groups is 1. The van der Waals surface area contributed by atoms with Crippen LogP contribution in [0.15, 0.2) is 42.5 Å². The van der Waals surface area contributed by atoms with E-state index in [4.69, 9.17) is 22.1 Å². The Balaban J connectivity index is 1.43. The van der Waals surface area contributed by atoms with Gasteiger partial charge in [-0.3, -0.25) is 4.79 Å². The van der Waals surface area contributed by atoms with Crippen LogP contribution in [0.25, 0.3) is 0 Å². The lowest BCUT2D eigenvalue weighted by Gasteiger charge is -2.33. The van der Waals surface area contributed by atoms with Crippen molar-refractivity contribution in [1.82, 2.24) is 10.2 Å². The van der Waals surface area contributed by atoms with Crippen LogP contribution < -0.4 is 15.8 Å². The minimum Gasteiger partial charge on any atom is -0.496 e. The minimum atomic E-state index is -0.369. The average Bonchev–Trinajstić information content (AvgIpc) is 2.75. The summed E-state index contributed by atoms with van der Waals surface area (Å²) in [5.74, 6) is 0.609. The number of benzene rings is 2. The first-order valence-electron chi connectivity index (χ1n) is 10.3. The Kier molecular flexibility index (Phi) is 7.96. The molecule has 4 N–H and O–H groups in total. The van der Waals surface area contributed by atoms with Gasteiger partial charge in [0.2, 0.25) is 0 Å². The Morgan fingerprint density at radius 1 is 1.30 bits per heavy atom. The highest BCUT2D eigenvalue weighted by atomic mass is 35.5. The predicted octanol–water partition coefficient (Wildman–Crippen LogP) is 2.98. The zero-order valence-electron chi connectivity index (χ0n) is 17.3. The van der Waals surface area contributed by atoms with Crippen molar-refractivity contribution in [1.29, 1.82) is 0 Å². The highest BCUT2D eigenvalue weighted by molar-refractivity contribution is 6.33. The predicted molar refractivity (Wildman–Crippen MR) is 120 cm³/mol. The molecule has 0 spiro atoms. The molecule has 0 bridgehead atoms. The second-order valence-corrected chi connectivity index (χ2v) is 8.28. The van der Waals surface area contributed by atoms with E-state index >= 15 is 0 Å². The van der Waals surface area contributed by atoms with Crippen LogP contribution in [0, 0.1) is 5.92 Å². The van der Waals surface area contributed by atoms with Gasteiger partial charge in [0.25, 0.3) is 5.91 Å². The number of nitrogens with zero attached hydrogens (tertiary/aromatic N) is 1. The molecule has 1 heterocycles. The number of rotatable bonds is 8. The summed E-state index contributed by atoms with van der Waals surface area (Å²) in [5, 5.41) is 13.7. The quantitative estimate of drug-likeness (QED) is 0.559. The summed E-state index contributed by atoms with van der Waals surface area (Å²) in [5.41, 5.74) is 7.70. The van der Waals surface area contributed by atoms with Crippen LogP contribution in [0.5, 0.6) is 5.75 Å². The monoisotopic (exact) mass is 431 g/mol. The number of aliphatic hydroxyl groups excluding tert-OH is 1. The van der Waals surface area contributed by atoms with Crippen LogP contribution >= 0.6 is 11.6 Å². The standard InChI is InChI=1S/C23H30ClN3O3/c1-30-22-13-21(25)20(24)12-19(22)23(29)26-14-17-7-9-27(10-8-17)15-18(28)11-16-5-3-2-4-6-16/h2-6,12-13,17-18,28H,7-11,14-15,25H2,1H3,(H,26,29). The number of anilines is 1. The van der Waals surface area contributed by atoms with Gasteiger partial charge in [0.05, 0.1) is 29.5 Å². The second-order valence-electron chi connectivity index (χ2n) is 7.87. The van der Waals surface area contributed by atoms with E-state index in [1.54, 1.807) is 12.1 Å². The fourth-order valence-electron chi connectivity index (χ4n) is 3.87. The van der Waals surface area contributed by atoms with E-state index < -0.39 is 0 Å². The summed E-state index contributed by atoms with van der Waals surface area (Å²) in [6.45, 7) is 3.12. The van der Waals surface area contributed by atoms with Crippen molar-refractivity contribution in [3.8, 4) is 5.75 Å². The summed E-state index contributed by atoms with van der Waals surface area (Å²) in [6, 6.07) is 13.2. The number of β-amino-alcohol motifs (C(OH)–C–C–N with tert-alkyl or cyclic N) is 1. The number of piperidine rings is 1. The third kappa shape index (κ3) is 6.11. The first-order valence-corrected chi connectivity index (χ1v) is 10.7. The number of aliphatic hydroxyl groups is 1. The molecule has 1 aliphatic rings. The van der Waals surface area contributed by atoms with Gasteiger partial charge in [0.1, 0.15) is 5.75 Å². The topological polar surface area (TPSA) is 87.8 Å². The van der Waals surface area contributed by atoms with Crippen molar-refractivity contribution in [2.45, 2.75) is 25.4 Å². The molecule has 1 atom stereocenters. The van der Waals surface area contributed by atoms with Gasteiger partial charge in [-0.1, -0.05) is 41.9 Å². The Morgan fingerprint density at radius 2 is 2.00 bits per heavy atom. The van der Waals surface area contributed by atoms with Gasteiger partial charge in [0.15, 0.2) is 0 Å². The fraction of sp³-hybridized carbons (Fsp3) is 0.435. The third-order valence-corrected chi connectivity index (χ3v) is 5.93. The zero-order chi connectivity index (χ0) is 21.5. The van der Waals surface area contributed by atoms with Gasteiger partial charge < -0.3 is 25.8 Å². The first kappa shape index (κ1) is 22.4. The molecule has 0 aromatic heterocycles. The molecule has 1 aliphatic heterocycles. The Bertz CT molecular complexity index is 839. The number of hydrogen-bond donors (Lipinski definition) is 3. The molecule has 1 fully saturated rings. The molecule has 6 nitrogen and oxygen atoms in total. The van der Waals surface area contributed by atoms with Crippen molar-refractivity contribution >= 4 is 23.2 Å². The molecular formula is C23H30ClN3O3. The maximum atomic E-state index is 12.6. The lowest BCUT2D eigenvalue weighted by atomic mass is 9.96. The van der Waals surface area contributed by atoms with E-state index in [0.29, 0.717) is 47.5 Å². The molecule has 3 rings (SSSR count). The molecule has 0 radical (unpaired) electrons. The smallest absolute Gasteiger partial charge is 0.255 e. The number of amides is 1. The van der Waals surface area contributed by atoms with Gasteiger partial charge >= 0.3 is 0 Å². The van der Waals surface area contributed by atoms with Crippen LogP contribution in [0.1, 0.15) is 28.8 Å². The number of nitrogens with two attached hydrogens (primary N) is 1. The number of nitrogen functional groups attached to an aromatic ring is 1. The van der Waals surface area contributed by atoms with Crippen LogP contribution in [0.3, 0.4) is 0 Å². The number of nitrogens with one attached hydrogen (secondary N) is 1. The van der Waals surface area contributed by atoms with Crippen molar-refractivity contribution in [3.05, 3.63) is 58.6 Å². The Morgan fingerprint density at radius 3 is 2.67 bits per heavy atom. The average molecular weight is 432 g/mol. The summed E-state index contributed by atoms with van der Waals surface area (Å²) >= 11 is 6.06. The maximum Gasteiger partial charge on any atom is 0.255 e. The van der Waals surface area contributed by atoms with E-state index in [1.165, 1.54) is 7.11 Å². The summed E-state index contributed by atoms with van der Waals surface area (Å²) in [4.78, 5) is 14.9. The van der Waals surface area contributed by atoms with Crippen molar-refractivity contribution in [2.24, 2.45) is 5.92 Å². The van der Waals surface area contributed by atoms with Gasteiger partial charge in [0, 0.05) is 19.2 Å². The summed E-state index contributed by atoms with van der Waals surface area (Å²) < 4.78 is 5.26. The lowest BCUT2D eigenvalue weighted by molar-refractivity contribution is 0.0852. The molecule has 0 saturated carbocycles. The molecule has 7 heteroatoms. The molecule has 30 heavy (non-hydrogen) atoms. The number of ether oxygens (including phenoxy) is 1. The van der Waals surface area contributed by atoms with Gasteiger partial charge in [-0.15, -0.1) is 0 Å². The minimum absolute atomic E-state index is 0.213. The highest BCUT2D eigenvalue weighted by Crippen LogP contribution is 2.29. The van der Waals surface area contributed by atoms with Gasteiger partial charge in [-0.05, 0) is 49.9 Å². The SMILES string of the molecule is COc1cc(N)c(Cl)cc1C(=O)NCC1CCN(CC(O)Cc2ccccc2)CC1. The molecule has 0 aliphatic carbocycles. The third-order valence-electron chi connectivity index (χ3n) is 5.60. The molecule has 1 unspecified atom stereocenters. The molecule has 162 valence electrons. The van der Waals surface area contributed by atoms with Crippen LogP contribution in [-0.2, 0) is 6.42 Å². The van der Waals surface area contributed by atoms with Crippen LogP contribution in [-0.4, -0.2) is 55.3 Å². The highest BCUT2D eigenvalue weighted by Gasteiger charge is 2.22. The van der Waals surface area contributed by atoms with E-state index in [0.717, 1.165) is 31.5 Å². The normalized spacial score (nSPS) is 16.2. The van der Waals surface area contributed by atoms with Crippen LogP contribution in [0.4, 0.5) is 5.69 Å². The number of hydrogen-bond acceptors (Lipinski definition) is 5. The van der Waals surface area contributed by atoms with E-state index in [2.05, 4.69) is 10.2 Å². The molecule has 1 saturated heterocycles. The number of methoxy groups -OCH3 is 1. The van der Waals surface area contributed by atoms with E-state index in [-0.39, 0.29) is 12.0 Å². The molecular weight excluding hydrogens is 402 g/mol. The maximum absolute atomic E-state index is 12.6. The zero-order valence-corrected chi connectivity index (χ0v) is 18.1. The van der Waals surface area contributed by atoms with Crippen molar-refractivity contribution < 1.29 is 14.6 Å². The second kappa shape index (κ2) is 10.7.